The molecule has 5 nitrogen and oxygen atoms in total. The zero-order valence-corrected chi connectivity index (χ0v) is 13.6. The van der Waals surface area contributed by atoms with Crippen molar-refractivity contribution in [1.82, 2.24) is 9.97 Å². The van der Waals surface area contributed by atoms with Crippen molar-refractivity contribution < 1.29 is 0 Å². The van der Waals surface area contributed by atoms with Crippen LogP contribution in [0.3, 0.4) is 0 Å². The van der Waals surface area contributed by atoms with E-state index in [1.54, 1.807) is 0 Å². The predicted molar refractivity (Wildman–Crippen MR) is 92.9 cm³/mol. The summed E-state index contributed by atoms with van der Waals surface area (Å²) in [5.41, 5.74) is 3.26. The van der Waals surface area contributed by atoms with Gasteiger partial charge < -0.3 is 0 Å². The van der Waals surface area contributed by atoms with Gasteiger partial charge in [0, 0.05) is 15.6 Å². The largest absolute Gasteiger partial charge is 0.255 e. The van der Waals surface area contributed by atoms with Gasteiger partial charge in [0.1, 0.15) is 0 Å². The molecule has 0 unspecified atom stereocenters. The molecule has 3 aromatic rings. The van der Waals surface area contributed by atoms with Crippen molar-refractivity contribution in [3.05, 3.63) is 65.1 Å². The number of hydrazine groups is 1. The lowest BCUT2D eigenvalue weighted by Crippen LogP contribution is -2.26. The number of hydrogen-bond donors (Lipinski definition) is 1. The SMILES string of the molecule is N#CN(N)c1nc(-c2ccccc2)cc(-c2ccc(Br)cc2)n1. The van der Waals surface area contributed by atoms with Gasteiger partial charge in [-0.3, -0.25) is 0 Å². The maximum absolute atomic E-state index is 9.01. The van der Waals surface area contributed by atoms with E-state index < -0.39 is 0 Å². The fourth-order valence-electron chi connectivity index (χ4n) is 2.11. The highest BCUT2D eigenvalue weighted by Crippen LogP contribution is 2.26. The Morgan fingerprint density at radius 3 is 2.04 bits per heavy atom. The summed E-state index contributed by atoms with van der Waals surface area (Å²) < 4.78 is 0.983. The Bertz CT molecular complexity index is 856. The second-order valence-corrected chi connectivity index (χ2v) is 5.70. The number of anilines is 1. The van der Waals surface area contributed by atoms with Crippen LogP contribution in [0, 0.1) is 11.5 Å². The molecule has 0 saturated carbocycles. The molecule has 0 spiro atoms. The molecule has 0 bridgehead atoms. The first-order valence-electron chi connectivity index (χ1n) is 6.82. The molecule has 0 aliphatic heterocycles. The van der Waals surface area contributed by atoms with E-state index >= 15 is 0 Å². The van der Waals surface area contributed by atoms with E-state index in [1.807, 2.05) is 66.9 Å². The Labute approximate surface area is 142 Å². The number of nitriles is 1. The van der Waals surface area contributed by atoms with Crippen LogP contribution in [-0.4, -0.2) is 9.97 Å². The third-order valence-corrected chi connectivity index (χ3v) is 3.78. The highest BCUT2D eigenvalue weighted by molar-refractivity contribution is 9.10. The number of nitrogens with zero attached hydrogens (tertiary/aromatic N) is 4. The van der Waals surface area contributed by atoms with Crippen LogP contribution in [0.15, 0.2) is 65.1 Å². The second-order valence-electron chi connectivity index (χ2n) is 4.78. The number of aromatic nitrogens is 2. The summed E-state index contributed by atoms with van der Waals surface area (Å²) >= 11 is 3.41. The molecule has 0 aliphatic rings. The molecule has 0 saturated heterocycles. The van der Waals surface area contributed by atoms with E-state index in [2.05, 4.69) is 25.9 Å². The van der Waals surface area contributed by atoms with Crippen molar-refractivity contribution in [1.29, 1.82) is 5.26 Å². The van der Waals surface area contributed by atoms with Gasteiger partial charge in [0.05, 0.1) is 11.4 Å². The van der Waals surface area contributed by atoms with Crippen LogP contribution in [0.1, 0.15) is 0 Å². The number of hydrogen-bond acceptors (Lipinski definition) is 5. The molecule has 112 valence electrons. The normalized spacial score (nSPS) is 10.1. The van der Waals surface area contributed by atoms with E-state index in [9.17, 15) is 0 Å². The van der Waals surface area contributed by atoms with Crippen LogP contribution in [0.4, 0.5) is 5.95 Å². The van der Waals surface area contributed by atoms with Gasteiger partial charge in [-0.2, -0.15) is 10.3 Å². The van der Waals surface area contributed by atoms with Crippen LogP contribution in [0.25, 0.3) is 22.5 Å². The summed E-state index contributed by atoms with van der Waals surface area (Å²) in [4.78, 5) is 8.76. The first kappa shape index (κ1) is 15.2. The minimum Gasteiger partial charge on any atom is -0.231 e. The van der Waals surface area contributed by atoms with Gasteiger partial charge in [-0.1, -0.05) is 58.4 Å². The summed E-state index contributed by atoms with van der Waals surface area (Å²) in [5.74, 6) is 5.81. The van der Waals surface area contributed by atoms with E-state index in [-0.39, 0.29) is 5.95 Å². The topological polar surface area (TPSA) is 78.8 Å². The monoisotopic (exact) mass is 365 g/mol. The van der Waals surface area contributed by atoms with Crippen molar-refractivity contribution in [2.24, 2.45) is 5.84 Å². The quantitative estimate of drug-likeness (QED) is 0.331. The molecule has 2 N–H and O–H groups in total. The fourth-order valence-corrected chi connectivity index (χ4v) is 2.38. The molecule has 0 amide bonds. The highest BCUT2D eigenvalue weighted by Gasteiger charge is 2.11. The van der Waals surface area contributed by atoms with Gasteiger partial charge in [-0.15, -0.1) is 0 Å². The van der Waals surface area contributed by atoms with Gasteiger partial charge in [0.15, 0.2) is 0 Å². The summed E-state index contributed by atoms with van der Waals surface area (Å²) in [7, 11) is 0. The predicted octanol–water partition coefficient (Wildman–Crippen LogP) is 3.73. The molecule has 6 heteroatoms. The minimum absolute atomic E-state index is 0.159. The van der Waals surface area contributed by atoms with Crippen LogP contribution < -0.4 is 10.9 Å². The Hall–Kier alpha value is -2.75. The standard InChI is InChI=1S/C17H12BrN5/c18-14-8-6-13(7-9-14)16-10-15(12-4-2-1-3-5-12)21-17(22-16)23(20)11-19/h1-10H,20H2. The average molecular weight is 366 g/mol. The molecule has 1 aromatic heterocycles. The highest BCUT2D eigenvalue weighted by atomic mass is 79.9. The molecule has 2 aromatic carbocycles. The summed E-state index contributed by atoms with van der Waals surface area (Å²) in [5, 5.41) is 9.87. The van der Waals surface area contributed by atoms with Gasteiger partial charge in [-0.25, -0.2) is 15.8 Å². The molecule has 0 radical (unpaired) electrons. The Kier molecular flexibility index (Phi) is 4.33. The summed E-state index contributed by atoms with van der Waals surface area (Å²) in [6, 6.07) is 19.3. The summed E-state index contributed by atoms with van der Waals surface area (Å²) in [6.45, 7) is 0. The lowest BCUT2D eigenvalue weighted by molar-refractivity contribution is 0.985. The van der Waals surface area contributed by atoms with Crippen LogP contribution in [-0.2, 0) is 0 Å². The fraction of sp³-hybridized carbons (Fsp3) is 0. The zero-order valence-electron chi connectivity index (χ0n) is 12.0. The van der Waals surface area contributed by atoms with E-state index in [1.165, 1.54) is 0 Å². The van der Waals surface area contributed by atoms with Gasteiger partial charge in [0.25, 0.3) is 5.95 Å². The number of halogens is 1. The van der Waals surface area contributed by atoms with Gasteiger partial charge in [0.2, 0.25) is 6.19 Å². The van der Waals surface area contributed by atoms with E-state index in [0.29, 0.717) is 11.4 Å². The van der Waals surface area contributed by atoms with Gasteiger partial charge >= 0.3 is 0 Å². The number of nitrogens with two attached hydrogens (primary N) is 1. The molecular formula is C17H12BrN5. The van der Waals surface area contributed by atoms with E-state index in [0.717, 1.165) is 20.6 Å². The zero-order chi connectivity index (χ0) is 16.2. The molecule has 0 atom stereocenters. The van der Waals surface area contributed by atoms with Crippen molar-refractivity contribution in [3.8, 4) is 28.7 Å². The first-order valence-corrected chi connectivity index (χ1v) is 7.61. The Balaban J connectivity index is 2.16. The van der Waals surface area contributed by atoms with Crippen molar-refractivity contribution in [3.63, 3.8) is 0 Å². The number of rotatable bonds is 3. The molecular weight excluding hydrogens is 354 g/mol. The lowest BCUT2D eigenvalue weighted by Gasteiger charge is -2.11. The van der Waals surface area contributed by atoms with Crippen molar-refractivity contribution in [2.45, 2.75) is 0 Å². The maximum Gasteiger partial charge on any atom is 0.255 e. The molecule has 0 aliphatic carbocycles. The molecule has 1 heterocycles. The van der Waals surface area contributed by atoms with Crippen LogP contribution in [0.5, 0.6) is 0 Å². The van der Waals surface area contributed by atoms with Gasteiger partial charge in [-0.05, 0) is 18.2 Å². The van der Waals surface area contributed by atoms with Crippen LogP contribution >= 0.6 is 15.9 Å². The molecule has 23 heavy (non-hydrogen) atoms. The Morgan fingerprint density at radius 2 is 1.48 bits per heavy atom. The van der Waals surface area contributed by atoms with E-state index in [4.69, 9.17) is 11.1 Å². The average Bonchev–Trinajstić information content (AvgIpc) is 2.62. The lowest BCUT2D eigenvalue weighted by atomic mass is 10.1. The third kappa shape index (κ3) is 3.37. The van der Waals surface area contributed by atoms with Crippen molar-refractivity contribution in [2.75, 3.05) is 5.01 Å². The van der Waals surface area contributed by atoms with Crippen molar-refractivity contribution >= 4 is 21.9 Å². The van der Waals surface area contributed by atoms with Crippen LogP contribution in [0.2, 0.25) is 0 Å². The molecule has 0 fully saturated rings. The first-order chi connectivity index (χ1) is 11.2. The third-order valence-electron chi connectivity index (χ3n) is 3.25. The summed E-state index contributed by atoms with van der Waals surface area (Å²) in [6.07, 6.45) is 1.83. The smallest absolute Gasteiger partial charge is 0.231 e. The number of benzene rings is 2. The Morgan fingerprint density at radius 1 is 0.913 bits per heavy atom. The molecule has 3 rings (SSSR count). The maximum atomic E-state index is 9.01. The minimum atomic E-state index is 0.159. The second kappa shape index (κ2) is 6.57.